The van der Waals surface area contributed by atoms with Crippen LogP contribution in [0.5, 0.6) is 0 Å². The van der Waals surface area contributed by atoms with Gasteiger partial charge >= 0.3 is 6.03 Å². The summed E-state index contributed by atoms with van der Waals surface area (Å²) in [6.07, 6.45) is 2.31. The summed E-state index contributed by atoms with van der Waals surface area (Å²) in [5.74, 6) is 0.665. The predicted octanol–water partition coefficient (Wildman–Crippen LogP) is 1.63. The summed E-state index contributed by atoms with van der Waals surface area (Å²) in [6.45, 7) is 2.95. The lowest BCUT2D eigenvalue weighted by Gasteiger charge is -2.35. The van der Waals surface area contributed by atoms with E-state index in [1.54, 1.807) is 6.20 Å². The van der Waals surface area contributed by atoms with Gasteiger partial charge in [-0.3, -0.25) is 14.5 Å². The molecule has 1 atom stereocenters. The van der Waals surface area contributed by atoms with Crippen molar-refractivity contribution in [1.82, 2.24) is 20.1 Å². The highest BCUT2D eigenvalue weighted by atomic mass is 16.2. The van der Waals surface area contributed by atoms with E-state index in [1.807, 2.05) is 53.4 Å². The van der Waals surface area contributed by atoms with E-state index >= 15 is 0 Å². The second-order valence-corrected chi connectivity index (χ2v) is 7.51. The van der Waals surface area contributed by atoms with Crippen LogP contribution in [-0.2, 0) is 16.1 Å². The number of nitrogens with zero attached hydrogens (tertiary/aromatic N) is 4. The summed E-state index contributed by atoms with van der Waals surface area (Å²) in [5.41, 5.74) is 0.892. The molecule has 30 heavy (non-hydrogen) atoms. The molecule has 4 rings (SSSR count). The minimum absolute atomic E-state index is 0.0132. The number of hydrogen-bond donors (Lipinski definition) is 1. The van der Waals surface area contributed by atoms with Crippen molar-refractivity contribution in [2.24, 2.45) is 0 Å². The fourth-order valence-electron chi connectivity index (χ4n) is 3.84. The number of carbonyl (C=O) groups is 3. The van der Waals surface area contributed by atoms with Crippen molar-refractivity contribution in [1.29, 1.82) is 0 Å². The monoisotopic (exact) mass is 407 g/mol. The summed E-state index contributed by atoms with van der Waals surface area (Å²) in [6, 6.07) is 14.2. The van der Waals surface area contributed by atoms with E-state index in [1.165, 1.54) is 4.90 Å². The Hall–Kier alpha value is -3.42. The Balaban J connectivity index is 1.25. The van der Waals surface area contributed by atoms with Crippen LogP contribution in [0, 0.1) is 0 Å². The summed E-state index contributed by atoms with van der Waals surface area (Å²) in [7, 11) is 0. The first-order valence-corrected chi connectivity index (χ1v) is 10.2. The predicted molar refractivity (Wildman–Crippen MR) is 112 cm³/mol. The van der Waals surface area contributed by atoms with Crippen LogP contribution in [0.15, 0.2) is 54.7 Å². The number of rotatable bonds is 6. The first-order valence-electron chi connectivity index (χ1n) is 10.2. The van der Waals surface area contributed by atoms with Crippen molar-refractivity contribution < 1.29 is 14.4 Å². The third kappa shape index (κ3) is 4.42. The van der Waals surface area contributed by atoms with Crippen molar-refractivity contribution in [2.45, 2.75) is 25.4 Å². The quantitative estimate of drug-likeness (QED) is 0.736. The number of nitrogens with one attached hydrogen (secondary N) is 1. The molecular weight excluding hydrogens is 382 g/mol. The molecule has 2 aliphatic rings. The molecule has 1 N–H and O–H groups in total. The van der Waals surface area contributed by atoms with Gasteiger partial charge in [-0.05, 0) is 24.1 Å². The number of hydrogen-bond acceptors (Lipinski definition) is 5. The topological polar surface area (TPSA) is 85.8 Å². The molecule has 8 heteroatoms. The number of benzene rings is 1. The van der Waals surface area contributed by atoms with E-state index in [0.29, 0.717) is 19.5 Å². The maximum Gasteiger partial charge on any atom is 0.325 e. The Kier molecular flexibility index (Phi) is 5.92. The van der Waals surface area contributed by atoms with Crippen LogP contribution in [0.2, 0.25) is 0 Å². The number of amides is 4. The average molecular weight is 407 g/mol. The molecule has 3 heterocycles. The van der Waals surface area contributed by atoms with E-state index in [9.17, 15) is 14.4 Å². The SMILES string of the molecule is O=C(CC[C@@H]1NC(=O)N(Cc2ccccc2)C1=O)N1CCN(c2ccccn2)CC1. The van der Waals surface area contributed by atoms with E-state index in [0.717, 1.165) is 24.5 Å². The number of aromatic nitrogens is 1. The van der Waals surface area contributed by atoms with Gasteiger partial charge in [-0.2, -0.15) is 0 Å². The molecular formula is C22H25N5O3. The zero-order valence-electron chi connectivity index (χ0n) is 16.7. The molecule has 2 aromatic rings. The maximum atomic E-state index is 12.6. The Labute approximate surface area is 175 Å². The number of carbonyl (C=O) groups excluding carboxylic acids is 3. The van der Waals surface area contributed by atoms with E-state index in [2.05, 4.69) is 15.2 Å². The van der Waals surface area contributed by atoms with E-state index in [-0.39, 0.29) is 24.8 Å². The fourth-order valence-corrected chi connectivity index (χ4v) is 3.84. The van der Waals surface area contributed by atoms with Crippen LogP contribution >= 0.6 is 0 Å². The lowest BCUT2D eigenvalue weighted by Crippen LogP contribution is -2.49. The minimum Gasteiger partial charge on any atom is -0.353 e. The van der Waals surface area contributed by atoms with Crippen molar-refractivity contribution in [3.05, 3.63) is 60.3 Å². The number of imide groups is 1. The van der Waals surface area contributed by atoms with E-state index in [4.69, 9.17) is 0 Å². The molecule has 4 amide bonds. The highest BCUT2D eigenvalue weighted by Crippen LogP contribution is 2.17. The van der Waals surface area contributed by atoms with Crippen molar-refractivity contribution in [3.8, 4) is 0 Å². The van der Waals surface area contributed by atoms with Gasteiger partial charge in [0.05, 0.1) is 6.54 Å². The number of piperazine rings is 1. The van der Waals surface area contributed by atoms with Crippen LogP contribution < -0.4 is 10.2 Å². The molecule has 2 aliphatic heterocycles. The lowest BCUT2D eigenvalue weighted by atomic mass is 10.1. The van der Waals surface area contributed by atoms with Crippen LogP contribution in [0.1, 0.15) is 18.4 Å². The van der Waals surface area contributed by atoms with Gasteiger partial charge < -0.3 is 15.1 Å². The Bertz CT molecular complexity index is 898. The number of pyridine rings is 1. The average Bonchev–Trinajstić information content (AvgIpc) is 3.06. The fraction of sp³-hybridized carbons (Fsp3) is 0.364. The molecule has 1 aromatic heterocycles. The Morgan fingerprint density at radius 3 is 2.43 bits per heavy atom. The largest absolute Gasteiger partial charge is 0.353 e. The molecule has 0 aliphatic carbocycles. The molecule has 0 unspecified atom stereocenters. The molecule has 0 saturated carbocycles. The minimum atomic E-state index is -0.639. The summed E-state index contributed by atoms with van der Waals surface area (Å²) >= 11 is 0. The van der Waals surface area contributed by atoms with Gasteiger partial charge in [0.2, 0.25) is 5.91 Å². The maximum absolute atomic E-state index is 12.6. The normalized spacial score (nSPS) is 19.2. The van der Waals surface area contributed by atoms with Crippen LogP contribution in [0.3, 0.4) is 0 Å². The Morgan fingerprint density at radius 2 is 1.73 bits per heavy atom. The second-order valence-electron chi connectivity index (χ2n) is 7.51. The van der Waals surface area contributed by atoms with Gasteiger partial charge in [-0.1, -0.05) is 36.4 Å². The van der Waals surface area contributed by atoms with Gasteiger partial charge in [0, 0.05) is 38.8 Å². The van der Waals surface area contributed by atoms with Crippen molar-refractivity contribution >= 4 is 23.7 Å². The third-order valence-electron chi connectivity index (χ3n) is 5.54. The third-order valence-corrected chi connectivity index (χ3v) is 5.54. The summed E-state index contributed by atoms with van der Waals surface area (Å²) < 4.78 is 0. The highest BCUT2D eigenvalue weighted by Gasteiger charge is 2.38. The molecule has 0 spiro atoms. The first kappa shape index (κ1) is 19.9. The van der Waals surface area contributed by atoms with Gasteiger partial charge in [0.25, 0.3) is 5.91 Å². The first-order chi connectivity index (χ1) is 14.6. The highest BCUT2D eigenvalue weighted by molar-refractivity contribution is 6.04. The Morgan fingerprint density at radius 1 is 1.00 bits per heavy atom. The molecule has 2 fully saturated rings. The molecule has 2 saturated heterocycles. The molecule has 1 aromatic carbocycles. The second kappa shape index (κ2) is 8.94. The van der Waals surface area contributed by atoms with Crippen LogP contribution in [0.25, 0.3) is 0 Å². The lowest BCUT2D eigenvalue weighted by molar-refractivity contribution is -0.132. The summed E-state index contributed by atoms with van der Waals surface area (Å²) in [4.78, 5) is 47.0. The number of urea groups is 1. The van der Waals surface area contributed by atoms with E-state index < -0.39 is 12.1 Å². The zero-order valence-corrected chi connectivity index (χ0v) is 16.7. The van der Waals surface area contributed by atoms with Crippen LogP contribution in [0.4, 0.5) is 10.6 Å². The van der Waals surface area contributed by atoms with Crippen molar-refractivity contribution in [3.63, 3.8) is 0 Å². The van der Waals surface area contributed by atoms with Gasteiger partial charge in [-0.15, -0.1) is 0 Å². The van der Waals surface area contributed by atoms with Crippen LogP contribution in [-0.4, -0.2) is 64.9 Å². The standard InChI is InChI=1S/C22H25N5O3/c28-20(26-14-12-25(13-15-26)19-8-4-5-11-23-19)10-9-18-21(29)27(22(30)24-18)16-17-6-2-1-3-7-17/h1-8,11,18H,9-10,12-16H2,(H,24,30)/t18-/m0/s1. The van der Waals surface area contributed by atoms with Gasteiger partial charge in [-0.25, -0.2) is 9.78 Å². The molecule has 0 radical (unpaired) electrons. The zero-order chi connectivity index (χ0) is 20.9. The molecule has 156 valence electrons. The van der Waals surface area contributed by atoms with Crippen molar-refractivity contribution in [2.75, 3.05) is 31.1 Å². The summed E-state index contributed by atoms with van der Waals surface area (Å²) in [5, 5.41) is 2.71. The molecule has 0 bridgehead atoms. The van der Waals surface area contributed by atoms with Gasteiger partial charge in [0.15, 0.2) is 0 Å². The number of anilines is 1. The van der Waals surface area contributed by atoms with Gasteiger partial charge in [0.1, 0.15) is 11.9 Å². The molecule has 8 nitrogen and oxygen atoms in total. The smallest absolute Gasteiger partial charge is 0.325 e.